The van der Waals surface area contributed by atoms with Gasteiger partial charge >= 0.3 is 0 Å². The van der Waals surface area contributed by atoms with Gasteiger partial charge in [-0.2, -0.15) is 0 Å². The van der Waals surface area contributed by atoms with E-state index >= 15 is 0 Å². The fourth-order valence-electron chi connectivity index (χ4n) is 2.87. The molecule has 1 atom stereocenters. The van der Waals surface area contributed by atoms with Crippen LogP contribution in [-0.4, -0.2) is 23.9 Å². The molecule has 3 nitrogen and oxygen atoms in total. The minimum absolute atomic E-state index is 0.0913. The Kier molecular flexibility index (Phi) is 5.08. The van der Waals surface area contributed by atoms with E-state index in [1.54, 1.807) is 12.1 Å². The van der Waals surface area contributed by atoms with E-state index in [1.165, 1.54) is 6.42 Å². The lowest BCUT2D eigenvalue weighted by Gasteiger charge is -2.22. The summed E-state index contributed by atoms with van der Waals surface area (Å²) in [6, 6.07) is 5.41. The first kappa shape index (κ1) is 15.4. The third-order valence-corrected chi connectivity index (χ3v) is 4.92. The van der Waals surface area contributed by atoms with Crippen LogP contribution in [0, 0.1) is 11.8 Å². The molecular formula is C16H23BrN2O. The summed E-state index contributed by atoms with van der Waals surface area (Å²) < 4.78 is 0.821. The van der Waals surface area contributed by atoms with Gasteiger partial charge in [0.05, 0.1) is 5.56 Å². The summed E-state index contributed by atoms with van der Waals surface area (Å²) in [6.07, 6.45) is 3.41. The number of anilines is 1. The van der Waals surface area contributed by atoms with Crippen LogP contribution in [0.5, 0.6) is 0 Å². The number of carbonyl (C=O) groups excluding carboxylic acids is 1. The molecule has 1 aliphatic heterocycles. The lowest BCUT2D eigenvalue weighted by molar-refractivity contribution is 0.0758. The second kappa shape index (κ2) is 6.61. The summed E-state index contributed by atoms with van der Waals surface area (Å²) in [5.41, 5.74) is 7.10. The maximum absolute atomic E-state index is 12.6. The van der Waals surface area contributed by atoms with Crippen molar-refractivity contribution in [1.29, 1.82) is 0 Å². The fourth-order valence-corrected chi connectivity index (χ4v) is 3.29. The quantitative estimate of drug-likeness (QED) is 0.830. The minimum Gasteiger partial charge on any atom is -0.399 e. The summed E-state index contributed by atoms with van der Waals surface area (Å²) >= 11 is 3.45. The van der Waals surface area contributed by atoms with E-state index in [1.807, 2.05) is 11.0 Å². The summed E-state index contributed by atoms with van der Waals surface area (Å²) in [5.74, 6) is 1.52. The van der Waals surface area contributed by atoms with E-state index in [0.717, 1.165) is 36.3 Å². The van der Waals surface area contributed by atoms with Gasteiger partial charge in [-0.15, -0.1) is 0 Å². The predicted octanol–water partition coefficient (Wildman–Crippen LogP) is 3.93. The highest BCUT2D eigenvalue weighted by atomic mass is 79.9. The molecule has 2 rings (SSSR count). The number of carbonyl (C=O) groups is 1. The van der Waals surface area contributed by atoms with Crippen molar-refractivity contribution in [3.63, 3.8) is 0 Å². The molecule has 2 N–H and O–H groups in total. The highest BCUT2D eigenvalue weighted by Crippen LogP contribution is 2.27. The Balaban J connectivity index is 2.11. The average molecular weight is 339 g/mol. The molecule has 1 aliphatic rings. The molecule has 1 fully saturated rings. The number of hydrogen-bond acceptors (Lipinski definition) is 2. The molecule has 0 saturated carbocycles. The van der Waals surface area contributed by atoms with E-state index in [0.29, 0.717) is 17.2 Å². The Hall–Kier alpha value is -1.03. The number of likely N-dealkylation sites (tertiary alicyclic amines) is 1. The second-order valence-electron chi connectivity index (χ2n) is 5.97. The van der Waals surface area contributed by atoms with Crippen molar-refractivity contribution >= 4 is 27.5 Å². The van der Waals surface area contributed by atoms with Crippen LogP contribution < -0.4 is 5.73 Å². The van der Waals surface area contributed by atoms with Crippen molar-refractivity contribution in [3.8, 4) is 0 Å². The van der Waals surface area contributed by atoms with E-state index < -0.39 is 0 Å². The standard InChI is InChI=1S/C16H23BrN2O/c1-11(2)12-4-3-8-19(9-7-12)16(20)14-10-13(18)5-6-15(14)17/h5-6,10-12H,3-4,7-9,18H2,1-2H3. The smallest absolute Gasteiger partial charge is 0.255 e. The number of hydrogen-bond donors (Lipinski definition) is 1. The maximum Gasteiger partial charge on any atom is 0.255 e. The summed E-state index contributed by atoms with van der Waals surface area (Å²) in [6.45, 7) is 6.25. The van der Waals surface area contributed by atoms with Crippen molar-refractivity contribution in [1.82, 2.24) is 4.90 Å². The fraction of sp³-hybridized carbons (Fsp3) is 0.562. The van der Waals surface area contributed by atoms with Gasteiger partial charge in [-0.3, -0.25) is 4.79 Å². The Morgan fingerprint density at radius 3 is 2.80 bits per heavy atom. The monoisotopic (exact) mass is 338 g/mol. The Bertz CT molecular complexity index is 487. The van der Waals surface area contributed by atoms with E-state index in [9.17, 15) is 4.79 Å². The first-order valence-electron chi connectivity index (χ1n) is 7.33. The van der Waals surface area contributed by atoms with Crippen molar-refractivity contribution in [2.75, 3.05) is 18.8 Å². The second-order valence-corrected chi connectivity index (χ2v) is 6.82. The highest BCUT2D eigenvalue weighted by molar-refractivity contribution is 9.10. The van der Waals surface area contributed by atoms with E-state index in [-0.39, 0.29) is 5.91 Å². The zero-order valence-electron chi connectivity index (χ0n) is 12.2. The summed E-state index contributed by atoms with van der Waals surface area (Å²) in [4.78, 5) is 14.6. The van der Waals surface area contributed by atoms with Crippen molar-refractivity contribution in [2.24, 2.45) is 11.8 Å². The molecule has 0 bridgehead atoms. The molecule has 1 aromatic carbocycles. The SMILES string of the molecule is CC(C)C1CCCN(C(=O)c2cc(N)ccc2Br)CC1. The lowest BCUT2D eigenvalue weighted by atomic mass is 9.89. The molecule has 1 saturated heterocycles. The van der Waals surface area contributed by atoms with Gasteiger partial charge in [0.1, 0.15) is 0 Å². The molecule has 0 spiro atoms. The topological polar surface area (TPSA) is 46.3 Å². The van der Waals surface area contributed by atoms with Crippen molar-refractivity contribution < 1.29 is 4.79 Å². The Morgan fingerprint density at radius 2 is 2.10 bits per heavy atom. The number of benzene rings is 1. The van der Waals surface area contributed by atoms with Gasteiger partial charge in [-0.1, -0.05) is 13.8 Å². The molecule has 1 unspecified atom stereocenters. The molecule has 0 aromatic heterocycles. The first-order chi connectivity index (χ1) is 9.49. The Labute approximate surface area is 129 Å². The van der Waals surface area contributed by atoms with Crippen molar-refractivity contribution in [3.05, 3.63) is 28.2 Å². The number of nitrogens with two attached hydrogens (primary N) is 1. The van der Waals surface area contributed by atoms with Gasteiger partial charge in [0.25, 0.3) is 5.91 Å². The van der Waals surface area contributed by atoms with Crippen LogP contribution in [-0.2, 0) is 0 Å². The highest BCUT2D eigenvalue weighted by Gasteiger charge is 2.24. The third kappa shape index (κ3) is 3.54. The summed E-state index contributed by atoms with van der Waals surface area (Å²) in [5, 5.41) is 0. The van der Waals surface area contributed by atoms with Gasteiger partial charge in [-0.05, 0) is 65.2 Å². The van der Waals surface area contributed by atoms with Gasteiger partial charge < -0.3 is 10.6 Å². The van der Waals surface area contributed by atoms with Gasteiger partial charge in [0, 0.05) is 23.2 Å². The van der Waals surface area contributed by atoms with E-state index in [2.05, 4.69) is 29.8 Å². The zero-order valence-corrected chi connectivity index (χ0v) is 13.8. The van der Waals surface area contributed by atoms with Gasteiger partial charge in [0.15, 0.2) is 0 Å². The third-order valence-electron chi connectivity index (χ3n) is 4.22. The van der Waals surface area contributed by atoms with Crippen LogP contribution in [0.3, 0.4) is 0 Å². The van der Waals surface area contributed by atoms with Crippen LogP contribution >= 0.6 is 15.9 Å². The number of amides is 1. The Morgan fingerprint density at radius 1 is 1.35 bits per heavy atom. The molecule has 1 aromatic rings. The minimum atomic E-state index is 0.0913. The lowest BCUT2D eigenvalue weighted by Crippen LogP contribution is -2.32. The number of halogens is 1. The van der Waals surface area contributed by atoms with Crippen LogP contribution in [0.25, 0.3) is 0 Å². The molecule has 1 amide bonds. The number of nitrogen functional groups attached to an aromatic ring is 1. The zero-order chi connectivity index (χ0) is 14.7. The number of rotatable bonds is 2. The molecular weight excluding hydrogens is 316 g/mol. The number of nitrogens with zero attached hydrogens (tertiary/aromatic N) is 1. The largest absolute Gasteiger partial charge is 0.399 e. The maximum atomic E-state index is 12.6. The van der Waals surface area contributed by atoms with Crippen molar-refractivity contribution in [2.45, 2.75) is 33.1 Å². The van der Waals surface area contributed by atoms with Gasteiger partial charge in [0.2, 0.25) is 0 Å². The average Bonchev–Trinajstić information content (AvgIpc) is 2.66. The normalized spacial score (nSPS) is 20.0. The van der Waals surface area contributed by atoms with Gasteiger partial charge in [-0.25, -0.2) is 0 Å². The first-order valence-corrected chi connectivity index (χ1v) is 8.12. The molecule has 110 valence electrons. The predicted molar refractivity (Wildman–Crippen MR) is 86.6 cm³/mol. The van der Waals surface area contributed by atoms with Crippen LogP contribution in [0.2, 0.25) is 0 Å². The van der Waals surface area contributed by atoms with Crippen LogP contribution in [0.4, 0.5) is 5.69 Å². The molecule has 0 aliphatic carbocycles. The molecule has 20 heavy (non-hydrogen) atoms. The molecule has 1 heterocycles. The van der Waals surface area contributed by atoms with Crippen LogP contribution in [0.1, 0.15) is 43.5 Å². The summed E-state index contributed by atoms with van der Waals surface area (Å²) in [7, 11) is 0. The molecule has 4 heteroatoms. The van der Waals surface area contributed by atoms with E-state index in [4.69, 9.17) is 5.73 Å². The van der Waals surface area contributed by atoms with Crippen LogP contribution in [0.15, 0.2) is 22.7 Å². The molecule has 0 radical (unpaired) electrons.